The highest BCUT2D eigenvalue weighted by molar-refractivity contribution is 7.80. The minimum absolute atomic E-state index is 0.0249. The SMILES string of the molecule is COc1oc(-c2ccccc2)nc1CCO.Cc1ccc(S)cc1. The van der Waals surface area contributed by atoms with Gasteiger partial charge in [0.15, 0.2) is 0 Å². The van der Waals surface area contributed by atoms with E-state index >= 15 is 0 Å². The van der Waals surface area contributed by atoms with Crippen LogP contribution in [-0.2, 0) is 6.42 Å². The molecule has 3 aromatic rings. The number of ether oxygens (including phenoxy) is 1. The highest BCUT2D eigenvalue weighted by Gasteiger charge is 2.14. The van der Waals surface area contributed by atoms with E-state index in [1.54, 1.807) is 0 Å². The van der Waals surface area contributed by atoms with Crippen LogP contribution in [0.3, 0.4) is 0 Å². The zero-order valence-corrected chi connectivity index (χ0v) is 14.7. The molecule has 5 heteroatoms. The summed E-state index contributed by atoms with van der Waals surface area (Å²) in [5, 5.41) is 8.88. The number of methoxy groups -OCH3 is 1. The first kappa shape index (κ1) is 18.1. The van der Waals surface area contributed by atoms with Gasteiger partial charge in [-0.1, -0.05) is 35.9 Å². The van der Waals surface area contributed by atoms with E-state index in [-0.39, 0.29) is 6.61 Å². The molecule has 3 rings (SSSR count). The summed E-state index contributed by atoms with van der Waals surface area (Å²) in [6.45, 7) is 2.09. The van der Waals surface area contributed by atoms with Gasteiger partial charge in [-0.25, -0.2) is 4.98 Å². The molecule has 2 aromatic carbocycles. The van der Waals surface area contributed by atoms with E-state index in [0.717, 1.165) is 10.5 Å². The summed E-state index contributed by atoms with van der Waals surface area (Å²) in [7, 11) is 1.52. The quantitative estimate of drug-likeness (QED) is 0.698. The van der Waals surface area contributed by atoms with Crippen LogP contribution in [0.25, 0.3) is 11.5 Å². The molecular formula is C19H21NO3S. The van der Waals surface area contributed by atoms with Gasteiger partial charge < -0.3 is 14.3 Å². The van der Waals surface area contributed by atoms with Crippen molar-refractivity contribution in [3.8, 4) is 17.4 Å². The van der Waals surface area contributed by atoms with Crippen LogP contribution in [0.15, 0.2) is 63.9 Å². The van der Waals surface area contributed by atoms with Crippen molar-refractivity contribution in [2.24, 2.45) is 0 Å². The third-order valence-corrected chi connectivity index (χ3v) is 3.55. The molecule has 24 heavy (non-hydrogen) atoms. The first-order valence-corrected chi connectivity index (χ1v) is 8.04. The number of benzene rings is 2. The minimum atomic E-state index is 0.0249. The van der Waals surface area contributed by atoms with Crippen molar-refractivity contribution in [2.45, 2.75) is 18.2 Å². The van der Waals surface area contributed by atoms with E-state index in [4.69, 9.17) is 14.3 Å². The fourth-order valence-corrected chi connectivity index (χ4v) is 2.16. The average Bonchev–Trinajstić information content (AvgIpc) is 3.02. The molecule has 0 amide bonds. The number of aryl methyl sites for hydroxylation is 1. The predicted molar refractivity (Wildman–Crippen MR) is 97.7 cm³/mol. The van der Waals surface area contributed by atoms with Gasteiger partial charge in [0.2, 0.25) is 5.89 Å². The Morgan fingerprint density at radius 3 is 2.29 bits per heavy atom. The Labute approximate surface area is 147 Å². The number of thiol groups is 1. The van der Waals surface area contributed by atoms with Crippen LogP contribution in [0.2, 0.25) is 0 Å². The number of aliphatic hydroxyl groups excluding tert-OH is 1. The molecular weight excluding hydrogens is 322 g/mol. The van der Waals surface area contributed by atoms with Crippen molar-refractivity contribution >= 4 is 12.6 Å². The topological polar surface area (TPSA) is 55.5 Å². The molecule has 4 nitrogen and oxygen atoms in total. The molecule has 0 bridgehead atoms. The zero-order valence-electron chi connectivity index (χ0n) is 13.8. The van der Waals surface area contributed by atoms with Crippen LogP contribution in [0.1, 0.15) is 11.3 Å². The molecule has 1 aromatic heterocycles. The lowest BCUT2D eigenvalue weighted by Crippen LogP contribution is -1.94. The Morgan fingerprint density at radius 1 is 1.08 bits per heavy atom. The van der Waals surface area contributed by atoms with Crippen molar-refractivity contribution < 1.29 is 14.3 Å². The average molecular weight is 343 g/mol. The van der Waals surface area contributed by atoms with Crippen LogP contribution in [0.4, 0.5) is 0 Å². The normalized spacial score (nSPS) is 10.0. The summed E-state index contributed by atoms with van der Waals surface area (Å²) in [4.78, 5) is 5.31. The predicted octanol–water partition coefficient (Wildman–Crippen LogP) is 4.17. The van der Waals surface area contributed by atoms with Crippen LogP contribution in [-0.4, -0.2) is 23.8 Å². The number of nitrogens with zero attached hydrogens (tertiary/aromatic N) is 1. The Bertz CT molecular complexity index is 718. The van der Waals surface area contributed by atoms with Crippen LogP contribution < -0.4 is 4.74 Å². The molecule has 0 spiro atoms. The van der Waals surface area contributed by atoms with Gasteiger partial charge in [-0.05, 0) is 31.2 Å². The van der Waals surface area contributed by atoms with Crippen LogP contribution in [0, 0.1) is 6.92 Å². The van der Waals surface area contributed by atoms with Crippen molar-refractivity contribution in [3.05, 3.63) is 65.9 Å². The lowest BCUT2D eigenvalue weighted by molar-refractivity contribution is 0.282. The van der Waals surface area contributed by atoms with E-state index in [2.05, 4.69) is 24.5 Å². The number of aromatic nitrogens is 1. The zero-order chi connectivity index (χ0) is 17.4. The highest BCUT2D eigenvalue weighted by atomic mass is 32.1. The van der Waals surface area contributed by atoms with Crippen molar-refractivity contribution in [2.75, 3.05) is 13.7 Å². The summed E-state index contributed by atoms with van der Waals surface area (Å²) in [5.74, 6) is 0.883. The molecule has 0 aliphatic rings. The smallest absolute Gasteiger partial charge is 0.308 e. The standard InChI is InChI=1S/C12H13NO3.C7H8S/c1-15-12-10(7-8-14)13-11(16-12)9-5-3-2-4-6-9;1-6-2-4-7(8)5-3-6/h2-6,14H,7-8H2,1H3;2-5,8H,1H3. The van der Waals surface area contributed by atoms with E-state index in [0.29, 0.717) is 24.0 Å². The van der Waals surface area contributed by atoms with E-state index < -0.39 is 0 Å². The molecule has 0 unspecified atom stereocenters. The van der Waals surface area contributed by atoms with Crippen molar-refractivity contribution in [1.82, 2.24) is 4.98 Å². The van der Waals surface area contributed by atoms with Gasteiger partial charge in [-0.2, -0.15) is 0 Å². The maximum absolute atomic E-state index is 8.88. The van der Waals surface area contributed by atoms with Gasteiger partial charge in [0, 0.05) is 23.5 Å². The summed E-state index contributed by atoms with van der Waals surface area (Å²) in [6, 6.07) is 17.6. The molecule has 0 fully saturated rings. The third-order valence-electron chi connectivity index (χ3n) is 3.25. The first-order chi connectivity index (χ1) is 11.6. The summed E-state index contributed by atoms with van der Waals surface area (Å²) in [5.41, 5.74) is 2.82. The fraction of sp³-hybridized carbons (Fsp3) is 0.211. The fourth-order valence-electron chi connectivity index (χ4n) is 2.01. The lowest BCUT2D eigenvalue weighted by Gasteiger charge is -1.94. The molecule has 0 aliphatic carbocycles. The largest absolute Gasteiger partial charge is 0.467 e. The Kier molecular flexibility index (Phi) is 6.90. The first-order valence-electron chi connectivity index (χ1n) is 7.59. The van der Waals surface area contributed by atoms with Gasteiger partial charge in [-0.15, -0.1) is 12.6 Å². The Hall–Kier alpha value is -2.24. The lowest BCUT2D eigenvalue weighted by atomic mass is 10.2. The third kappa shape index (κ3) is 5.15. The summed E-state index contributed by atoms with van der Waals surface area (Å²) >= 11 is 4.13. The van der Waals surface area contributed by atoms with Crippen molar-refractivity contribution in [1.29, 1.82) is 0 Å². The number of oxazole rings is 1. The van der Waals surface area contributed by atoms with Gasteiger partial charge in [0.25, 0.3) is 0 Å². The maximum Gasteiger partial charge on any atom is 0.308 e. The second-order valence-electron chi connectivity index (χ2n) is 5.13. The molecule has 0 saturated heterocycles. The number of aliphatic hydroxyl groups is 1. The summed E-state index contributed by atoms with van der Waals surface area (Å²) in [6.07, 6.45) is 0.430. The number of hydrogen-bond acceptors (Lipinski definition) is 5. The molecule has 1 heterocycles. The van der Waals surface area contributed by atoms with Crippen LogP contribution in [0.5, 0.6) is 5.95 Å². The van der Waals surface area contributed by atoms with Gasteiger partial charge in [-0.3, -0.25) is 0 Å². The van der Waals surface area contributed by atoms with E-state index in [9.17, 15) is 0 Å². The number of rotatable bonds is 4. The van der Waals surface area contributed by atoms with E-state index in [1.165, 1.54) is 12.7 Å². The van der Waals surface area contributed by atoms with Gasteiger partial charge in [0.1, 0.15) is 5.69 Å². The number of hydrogen-bond donors (Lipinski definition) is 2. The highest BCUT2D eigenvalue weighted by Crippen LogP contribution is 2.27. The molecule has 0 atom stereocenters. The second-order valence-corrected chi connectivity index (χ2v) is 5.65. The molecule has 0 aliphatic heterocycles. The molecule has 1 N–H and O–H groups in total. The monoisotopic (exact) mass is 343 g/mol. The van der Waals surface area contributed by atoms with Gasteiger partial charge in [0.05, 0.1) is 7.11 Å². The molecule has 0 saturated carbocycles. The second kappa shape index (κ2) is 9.15. The minimum Gasteiger partial charge on any atom is -0.467 e. The molecule has 126 valence electrons. The van der Waals surface area contributed by atoms with Crippen LogP contribution >= 0.6 is 12.6 Å². The van der Waals surface area contributed by atoms with Crippen molar-refractivity contribution in [3.63, 3.8) is 0 Å². The maximum atomic E-state index is 8.88. The van der Waals surface area contributed by atoms with Gasteiger partial charge >= 0.3 is 5.95 Å². The molecule has 0 radical (unpaired) electrons. The Balaban J connectivity index is 0.000000219. The van der Waals surface area contributed by atoms with E-state index in [1.807, 2.05) is 54.6 Å². The Morgan fingerprint density at radius 2 is 1.75 bits per heavy atom. The summed E-state index contributed by atoms with van der Waals surface area (Å²) < 4.78 is 10.5.